The molecule has 0 aliphatic rings. The van der Waals surface area contributed by atoms with Gasteiger partial charge in [0.1, 0.15) is 0 Å². The lowest BCUT2D eigenvalue weighted by molar-refractivity contribution is 0.204. The highest BCUT2D eigenvalue weighted by Crippen LogP contribution is 2.21. The molecule has 0 unspecified atom stereocenters. The summed E-state index contributed by atoms with van der Waals surface area (Å²) in [5.41, 5.74) is 1.08. The number of nitrogens with zero attached hydrogens (tertiary/aromatic N) is 2. The van der Waals surface area contributed by atoms with Gasteiger partial charge in [0.15, 0.2) is 11.6 Å². The smallest absolute Gasteiger partial charge is 0.167 e. The topological polar surface area (TPSA) is 25.4 Å². The molecule has 0 saturated carbocycles. The van der Waals surface area contributed by atoms with E-state index in [2.05, 4.69) is 4.98 Å². The minimum Gasteiger partial charge on any atom is -0.383 e. The summed E-state index contributed by atoms with van der Waals surface area (Å²) < 4.78 is 19.1. The Labute approximate surface area is 123 Å². The van der Waals surface area contributed by atoms with Crippen LogP contribution in [0.15, 0.2) is 42.6 Å². The van der Waals surface area contributed by atoms with Gasteiger partial charge in [0.05, 0.1) is 11.6 Å². The van der Waals surface area contributed by atoms with E-state index in [4.69, 9.17) is 16.3 Å². The monoisotopic (exact) mass is 294 g/mol. The number of pyridine rings is 1. The van der Waals surface area contributed by atoms with Crippen molar-refractivity contribution in [2.24, 2.45) is 0 Å². The minimum absolute atomic E-state index is 0.287. The molecule has 0 spiro atoms. The van der Waals surface area contributed by atoms with Crippen LogP contribution in [0.1, 0.15) is 5.56 Å². The summed E-state index contributed by atoms with van der Waals surface area (Å²) in [5, 5.41) is 0.289. The van der Waals surface area contributed by atoms with Crippen LogP contribution in [0, 0.1) is 5.82 Å². The van der Waals surface area contributed by atoms with E-state index in [0.29, 0.717) is 19.7 Å². The third-order valence-corrected chi connectivity index (χ3v) is 3.08. The highest BCUT2D eigenvalue weighted by molar-refractivity contribution is 6.30. The van der Waals surface area contributed by atoms with Crippen LogP contribution >= 0.6 is 11.6 Å². The van der Waals surface area contributed by atoms with Gasteiger partial charge in [-0.05, 0) is 11.6 Å². The number of hydrogen-bond donors (Lipinski definition) is 0. The number of anilines is 1. The molecule has 0 atom stereocenters. The zero-order chi connectivity index (χ0) is 14.4. The van der Waals surface area contributed by atoms with E-state index in [0.717, 1.165) is 5.56 Å². The summed E-state index contributed by atoms with van der Waals surface area (Å²) in [7, 11) is 1.62. The van der Waals surface area contributed by atoms with Crippen molar-refractivity contribution < 1.29 is 9.13 Å². The van der Waals surface area contributed by atoms with Gasteiger partial charge >= 0.3 is 0 Å². The van der Waals surface area contributed by atoms with Gasteiger partial charge < -0.3 is 9.64 Å². The van der Waals surface area contributed by atoms with Crippen molar-refractivity contribution in [3.8, 4) is 0 Å². The summed E-state index contributed by atoms with van der Waals surface area (Å²) in [6, 6.07) is 11.1. The second-order valence-corrected chi connectivity index (χ2v) is 4.80. The van der Waals surface area contributed by atoms with Crippen molar-refractivity contribution >= 4 is 17.4 Å². The Kier molecular flexibility index (Phi) is 5.32. The molecule has 5 heteroatoms. The third-order valence-electron chi connectivity index (χ3n) is 2.87. The van der Waals surface area contributed by atoms with E-state index in [1.807, 2.05) is 35.2 Å². The molecule has 106 valence electrons. The van der Waals surface area contributed by atoms with E-state index in [1.54, 1.807) is 7.11 Å². The number of halogens is 2. The van der Waals surface area contributed by atoms with Crippen molar-refractivity contribution in [2.75, 3.05) is 25.2 Å². The number of hydrogen-bond acceptors (Lipinski definition) is 3. The molecule has 1 heterocycles. The van der Waals surface area contributed by atoms with E-state index in [9.17, 15) is 4.39 Å². The van der Waals surface area contributed by atoms with Crippen LogP contribution < -0.4 is 4.90 Å². The van der Waals surface area contributed by atoms with Gasteiger partial charge in [0.2, 0.25) is 0 Å². The maximum Gasteiger partial charge on any atom is 0.167 e. The molecule has 0 N–H and O–H groups in total. The summed E-state index contributed by atoms with van der Waals surface area (Å²) >= 11 is 5.74. The molecule has 1 aromatic carbocycles. The number of rotatable bonds is 6. The maximum atomic E-state index is 14.0. The molecule has 2 rings (SSSR count). The van der Waals surface area contributed by atoms with Gasteiger partial charge in [0, 0.05) is 26.4 Å². The first kappa shape index (κ1) is 14.8. The van der Waals surface area contributed by atoms with Crippen molar-refractivity contribution in [2.45, 2.75) is 6.54 Å². The molecule has 0 fully saturated rings. The fourth-order valence-electron chi connectivity index (χ4n) is 1.91. The largest absolute Gasteiger partial charge is 0.383 e. The molecule has 2 aromatic rings. The first-order valence-electron chi connectivity index (χ1n) is 6.29. The molecule has 0 aliphatic carbocycles. The maximum absolute atomic E-state index is 14.0. The highest BCUT2D eigenvalue weighted by atomic mass is 35.5. The Morgan fingerprint density at radius 3 is 2.70 bits per heavy atom. The first-order chi connectivity index (χ1) is 9.70. The number of ether oxygens (including phenoxy) is 1. The van der Waals surface area contributed by atoms with Crippen molar-refractivity contribution in [3.05, 3.63) is 59.0 Å². The van der Waals surface area contributed by atoms with Crippen LogP contribution in [-0.4, -0.2) is 25.2 Å². The lowest BCUT2D eigenvalue weighted by atomic mass is 10.2. The standard InChI is InChI=1S/C15H16ClFN2O/c1-20-8-7-19(11-12-5-3-2-4-6-12)15-14(17)9-13(16)10-18-15/h2-6,9-10H,7-8,11H2,1H3. The van der Waals surface area contributed by atoms with E-state index >= 15 is 0 Å². The zero-order valence-electron chi connectivity index (χ0n) is 11.2. The van der Waals surface area contributed by atoms with Gasteiger partial charge in [-0.3, -0.25) is 0 Å². The molecule has 0 saturated heterocycles. The predicted octanol–water partition coefficient (Wildman–Crippen LogP) is 3.53. The van der Waals surface area contributed by atoms with Crippen molar-refractivity contribution in [3.63, 3.8) is 0 Å². The SMILES string of the molecule is COCCN(Cc1ccccc1)c1ncc(Cl)cc1F. The Morgan fingerprint density at radius 1 is 1.30 bits per heavy atom. The Balaban J connectivity index is 2.22. The van der Waals surface area contributed by atoms with E-state index in [1.165, 1.54) is 12.3 Å². The Hall–Kier alpha value is -1.65. The normalized spacial score (nSPS) is 10.6. The number of benzene rings is 1. The average Bonchev–Trinajstić information content (AvgIpc) is 2.45. The molecule has 0 radical (unpaired) electrons. The van der Waals surface area contributed by atoms with E-state index < -0.39 is 5.82 Å². The van der Waals surface area contributed by atoms with Crippen LogP contribution in [0.3, 0.4) is 0 Å². The second-order valence-electron chi connectivity index (χ2n) is 4.36. The van der Waals surface area contributed by atoms with Gasteiger partial charge in [-0.15, -0.1) is 0 Å². The molecule has 1 aromatic heterocycles. The van der Waals surface area contributed by atoms with E-state index in [-0.39, 0.29) is 10.8 Å². The van der Waals surface area contributed by atoms with Crippen LogP contribution in [0.2, 0.25) is 5.02 Å². The average molecular weight is 295 g/mol. The quantitative estimate of drug-likeness (QED) is 0.815. The van der Waals surface area contributed by atoms with Crippen LogP contribution in [0.25, 0.3) is 0 Å². The fraction of sp³-hybridized carbons (Fsp3) is 0.267. The summed E-state index contributed by atoms with van der Waals surface area (Å²) in [6.07, 6.45) is 1.45. The van der Waals surface area contributed by atoms with Gasteiger partial charge in [-0.25, -0.2) is 9.37 Å². The van der Waals surface area contributed by atoms with Gasteiger partial charge in [0.25, 0.3) is 0 Å². The first-order valence-corrected chi connectivity index (χ1v) is 6.67. The van der Waals surface area contributed by atoms with Crippen molar-refractivity contribution in [1.82, 2.24) is 4.98 Å². The molecule has 0 bridgehead atoms. The molecule has 0 amide bonds. The summed E-state index contributed by atoms with van der Waals surface area (Å²) in [5.74, 6) is -0.139. The molecular formula is C15H16ClFN2O. The molecule has 20 heavy (non-hydrogen) atoms. The number of methoxy groups -OCH3 is 1. The van der Waals surface area contributed by atoms with Crippen LogP contribution in [0.5, 0.6) is 0 Å². The summed E-state index contributed by atoms with van der Waals surface area (Å²) in [4.78, 5) is 5.93. The lowest BCUT2D eigenvalue weighted by Gasteiger charge is -2.24. The highest BCUT2D eigenvalue weighted by Gasteiger charge is 2.14. The Bertz CT molecular complexity index is 551. The lowest BCUT2D eigenvalue weighted by Crippen LogP contribution is -2.28. The third kappa shape index (κ3) is 3.92. The van der Waals surface area contributed by atoms with Crippen molar-refractivity contribution in [1.29, 1.82) is 0 Å². The van der Waals surface area contributed by atoms with Gasteiger partial charge in [-0.2, -0.15) is 0 Å². The molecule has 0 aliphatic heterocycles. The number of aromatic nitrogens is 1. The van der Waals surface area contributed by atoms with Crippen LogP contribution in [-0.2, 0) is 11.3 Å². The Morgan fingerprint density at radius 2 is 2.05 bits per heavy atom. The van der Waals surface area contributed by atoms with Gasteiger partial charge in [-0.1, -0.05) is 41.9 Å². The molecular weight excluding hydrogens is 279 g/mol. The zero-order valence-corrected chi connectivity index (χ0v) is 12.0. The fourth-order valence-corrected chi connectivity index (χ4v) is 2.05. The summed E-state index contributed by atoms with van der Waals surface area (Å²) in [6.45, 7) is 1.61. The second kappa shape index (κ2) is 7.22. The van der Waals surface area contributed by atoms with Crippen LogP contribution in [0.4, 0.5) is 10.2 Å². The molecule has 3 nitrogen and oxygen atoms in total. The minimum atomic E-state index is -0.426. The predicted molar refractivity (Wildman–Crippen MR) is 78.6 cm³/mol.